The summed E-state index contributed by atoms with van der Waals surface area (Å²) in [5.74, 6) is 0.847. The zero-order valence-corrected chi connectivity index (χ0v) is 11.0. The summed E-state index contributed by atoms with van der Waals surface area (Å²) < 4.78 is 0.527. The van der Waals surface area contributed by atoms with Crippen LogP contribution >= 0.6 is 21.6 Å². The number of hydrogen-bond acceptors (Lipinski definition) is 3. The fourth-order valence-electron chi connectivity index (χ4n) is 1.09. The fourth-order valence-corrected chi connectivity index (χ4v) is 4.76. The predicted molar refractivity (Wildman–Crippen MR) is 65.3 cm³/mol. The van der Waals surface area contributed by atoms with E-state index in [9.17, 15) is 0 Å². The van der Waals surface area contributed by atoms with E-state index in [2.05, 4.69) is 49.3 Å². The van der Waals surface area contributed by atoms with Gasteiger partial charge in [-0.25, -0.2) is 0 Å². The number of hydrogen-bond donors (Lipinski definition) is 1. The molecule has 0 unspecified atom stereocenters. The van der Waals surface area contributed by atoms with E-state index < -0.39 is 0 Å². The van der Waals surface area contributed by atoms with Gasteiger partial charge in [0.05, 0.1) is 0 Å². The predicted octanol–water partition coefficient (Wildman–Crippen LogP) is 3.57. The van der Waals surface area contributed by atoms with Crippen LogP contribution < -0.4 is 0 Å². The second kappa shape index (κ2) is 6.20. The van der Waals surface area contributed by atoms with Gasteiger partial charge in [0.2, 0.25) is 0 Å². The van der Waals surface area contributed by atoms with Crippen LogP contribution in [0.15, 0.2) is 0 Å². The van der Waals surface area contributed by atoms with Crippen molar-refractivity contribution in [1.82, 2.24) is 0 Å². The van der Waals surface area contributed by atoms with E-state index in [4.69, 9.17) is 5.11 Å². The Labute approximate surface area is 90.5 Å². The van der Waals surface area contributed by atoms with Crippen LogP contribution in [0.5, 0.6) is 0 Å². The Morgan fingerprint density at radius 3 is 2.08 bits per heavy atom. The normalized spacial score (nSPS) is 25.6. The van der Waals surface area contributed by atoms with Crippen molar-refractivity contribution in [1.29, 1.82) is 0 Å². The average Bonchev–Trinajstić information content (AvgIpc) is 2.32. The average molecular weight is 222 g/mol. The van der Waals surface area contributed by atoms with Gasteiger partial charge in [-0.1, -0.05) is 35.4 Å². The summed E-state index contributed by atoms with van der Waals surface area (Å²) in [4.78, 5) is 0. The highest BCUT2D eigenvalue weighted by atomic mass is 33.1. The molecule has 0 aromatic heterocycles. The van der Waals surface area contributed by atoms with E-state index in [0.29, 0.717) is 4.75 Å². The molecule has 0 spiro atoms. The van der Waals surface area contributed by atoms with Crippen LogP contribution in [0.25, 0.3) is 0 Å². The first-order chi connectivity index (χ1) is 5.93. The first kappa shape index (κ1) is 13.7. The van der Waals surface area contributed by atoms with Gasteiger partial charge < -0.3 is 5.11 Å². The van der Waals surface area contributed by atoms with Crippen molar-refractivity contribution in [3.05, 3.63) is 0 Å². The maximum absolute atomic E-state index is 7.57. The summed E-state index contributed by atoms with van der Waals surface area (Å²) in [6.07, 6.45) is 1.38. The summed E-state index contributed by atoms with van der Waals surface area (Å²) in [7, 11) is 4.13. The van der Waals surface area contributed by atoms with E-state index in [0.717, 1.165) is 11.2 Å². The van der Waals surface area contributed by atoms with Crippen LogP contribution in [0.1, 0.15) is 41.0 Å². The third-order valence-electron chi connectivity index (χ3n) is 1.83. The quantitative estimate of drug-likeness (QED) is 0.685. The molecule has 3 heteroatoms. The Bertz CT molecular complexity index is 135. The van der Waals surface area contributed by atoms with Crippen LogP contribution in [-0.4, -0.2) is 21.7 Å². The molecule has 0 aromatic carbocycles. The number of rotatable bonds is 1. The highest BCUT2D eigenvalue weighted by Gasteiger charge is 2.33. The van der Waals surface area contributed by atoms with Crippen LogP contribution in [0.2, 0.25) is 0 Å². The smallest absolute Gasteiger partial charge is 0.0402 e. The molecule has 1 aliphatic heterocycles. The summed E-state index contributed by atoms with van der Waals surface area (Å²) >= 11 is 0. The van der Waals surface area contributed by atoms with Gasteiger partial charge in [0.1, 0.15) is 0 Å². The lowest BCUT2D eigenvalue weighted by atomic mass is 9.99. The summed E-state index contributed by atoms with van der Waals surface area (Å²) in [5, 5.41) is 8.46. The van der Waals surface area contributed by atoms with Gasteiger partial charge in [-0.15, -0.1) is 0 Å². The lowest BCUT2D eigenvalue weighted by Gasteiger charge is -2.15. The largest absolute Gasteiger partial charge is 0.397 e. The lowest BCUT2D eigenvalue weighted by Crippen LogP contribution is -2.16. The molecule has 1 heterocycles. The third kappa shape index (κ3) is 5.87. The van der Waals surface area contributed by atoms with E-state index in [-0.39, 0.29) is 6.61 Å². The molecule has 1 nitrogen and oxygen atoms in total. The monoisotopic (exact) mass is 222 g/mol. The molecular formula is C10H22OS2. The summed E-state index contributed by atoms with van der Waals surface area (Å²) in [5.41, 5.74) is 0. The van der Waals surface area contributed by atoms with E-state index >= 15 is 0 Å². The molecule has 1 rings (SSSR count). The molecule has 0 bridgehead atoms. The molecule has 80 valence electrons. The van der Waals surface area contributed by atoms with Crippen molar-refractivity contribution < 1.29 is 5.11 Å². The van der Waals surface area contributed by atoms with Crippen LogP contribution in [-0.2, 0) is 0 Å². The van der Waals surface area contributed by atoms with Crippen molar-refractivity contribution in [3.63, 3.8) is 0 Å². The van der Waals surface area contributed by atoms with E-state index in [1.54, 1.807) is 6.92 Å². The van der Waals surface area contributed by atoms with Gasteiger partial charge in [0, 0.05) is 16.6 Å². The molecule has 0 saturated carbocycles. The van der Waals surface area contributed by atoms with E-state index in [1.807, 2.05) is 0 Å². The lowest BCUT2D eigenvalue weighted by molar-refractivity contribution is 0.318. The first-order valence-corrected chi connectivity index (χ1v) is 7.09. The maximum atomic E-state index is 7.57. The van der Waals surface area contributed by atoms with Crippen molar-refractivity contribution >= 4 is 21.6 Å². The molecule has 0 radical (unpaired) electrons. The molecule has 0 aromatic rings. The molecule has 1 saturated heterocycles. The first-order valence-electron chi connectivity index (χ1n) is 4.88. The minimum atomic E-state index is 0.250. The van der Waals surface area contributed by atoms with Gasteiger partial charge >= 0.3 is 0 Å². The van der Waals surface area contributed by atoms with Crippen molar-refractivity contribution in [2.24, 2.45) is 5.92 Å². The maximum Gasteiger partial charge on any atom is 0.0402 e. The van der Waals surface area contributed by atoms with Gasteiger partial charge in [-0.2, -0.15) is 0 Å². The second-order valence-corrected chi connectivity index (χ2v) is 7.39. The Morgan fingerprint density at radius 2 is 1.92 bits per heavy atom. The summed E-state index contributed by atoms with van der Waals surface area (Å²) in [6, 6.07) is 0. The molecule has 1 atom stereocenters. The topological polar surface area (TPSA) is 20.2 Å². The molecule has 1 aliphatic rings. The molecular weight excluding hydrogens is 200 g/mol. The summed E-state index contributed by atoms with van der Waals surface area (Å²) in [6.45, 7) is 11.2. The molecule has 0 aliphatic carbocycles. The zero-order valence-electron chi connectivity index (χ0n) is 9.33. The SMILES string of the molecule is CC(C)[C@@H]1CC(C)(C)SS1.CCO. The van der Waals surface area contributed by atoms with Crippen LogP contribution in [0, 0.1) is 5.92 Å². The third-order valence-corrected chi connectivity index (χ3v) is 5.89. The van der Waals surface area contributed by atoms with Gasteiger partial charge in [-0.05, 0) is 33.1 Å². The van der Waals surface area contributed by atoms with Crippen LogP contribution in [0.4, 0.5) is 0 Å². The minimum absolute atomic E-state index is 0.250. The van der Waals surface area contributed by atoms with Crippen molar-refractivity contribution in [2.45, 2.75) is 51.0 Å². The Balaban J connectivity index is 0.000000424. The van der Waals surface area contributed by atoms with Gasteiger partial charge in [-0.3, -0.25) is 0 Å². The molecule has 1 N–H and O–H groups in total. The Morgan fingerprint density at radius 1 is 1.46 bits per heavy atom. The zero-order chi connectivity index (χ0) is 10.5. The number of aliphatic hydroxyl groups excluding tert-OH is 1. The highest BCUT2D eigenvalue weighted by molar-refractivity contribution is 8.77. The highest BCUT2D eigenvalue weighted by Crippen LogP contribution is 2.52. The molecule has 0 amide bonds. The van der Waals surface area contributed by atoms with Gasteiger partial charge in [0.25, 0.3) is 0 Å². The second-order valence-electron chi connectivity index (χ2n) is 4.24. The Hall–Kier alpha value is 0.660. The fraction of sp³-hybridized carbons (Fsp3) is 1.00. The van der Waals surface area contributed by atoms with Crippen molar-refractivity contribution in [3.8, 4) is 0 Å². The molecule has 1 fully saturated rings. The number of aliphatic hydroxyl groups is 1. The van der Waals surface area contributed by atoms with Crippen LogP contribution in [0.3, 0.4) is 0 Å². The standard InChI is InChI=1S/C8H16S2.C2H6O/c1-6(2)7-5-8(3,4)10-9-7;1-2-3/h6-7H,5H2,1-4H3;3H,2H2,1H3/t7-;/m0./s1. The van der Waals surface area contributed by atoms with Gasteiger partial charge in [0.15, 0.2) is 0 Å². The molecule has 13 heavy (non-hydrogen) atoms. The van der Waals surface area contributed by atoms with Crippen molar-refractivity contribution in [2.75, 3.05) is 6.61 Å². The minimum Gasteiger partial charge on any atom is -0.397 e. The van der Waals surface area contributed by atoms with E-state index in [1.165, 1.54) is 6.42 Å². The Kier molecular flexibility index (Phi) is 6.52.